The number of carbonyl (C=O) groups is 2. The molecule has 148 valence electrons. The highest BCUT2D eigenvalue weighted by molar-refractivity contribution is 6.07. The average Bonchev–Trinajstić information content (AvgIpc) is 3.53. The second-order valence-electron chi connectivity index (χ2n) is 7.01. The summed E-state index contributed by atoms with van der Waals surface area (Å²) >= 11 is 0. The van der Waals surface area contributed by atoms with Crippen LogP contribution in [0, 0.1) is 5.41 Å². The Morgan fingerprint density at radius 3 is 2.29 bits per heavy atom. The summed E-state index contributed by atoms with van der Waals surface area (Å²) in [6.07, 6.45) is 1.19. The third kappa shape index (κ3) is 4.63. The van der Waals surface area contributed by atoms with Crippen molar-refractivity contribution in [1.29, 1.82) is 0 Å². The molecule has 1 fully saturated rings. The van der Waals surface area contributed by atoms with Crippen molar-refractivity contribution in [2.75, 3.05) is 27.3 Å². The summed E-state index contributed by atoms with van der Waals surface area (Å²) in [5.41, 5.74) is 0.131. The molecule has 1 aliphatic rings. The number of rotatable bonds is 9. The van der Waals surface area contributed by atoms with E-state index in [0.29, 0.717) is 38.3 Å². The summed E-state index contributed by atoms with van der Waals surface area (Å²) in [7, 11) is 3.35. The predicted molar refractivity (Wildman–Crippen MR) is 106 cm³/mol. The minimum atomic E-state index is -0.913. The van der Waals surface area contributed by atoms with Gasteiger partial charge in [-0.1, -0.05) is 30.3 Å². The fourth-order valence-corrected chi connectivity index (χ4v) is 3.13. The molecule has 0 unspecified atom stereocenters. The van der Waals surface area contributed by atoms with Crippen LogP contribution in [0.1, 0.15) is 18.4 Å². The molecule has 1 saturated carbocycles. The van der Waals surface area contributed by atoms with Crippen molar-refractivity contribution in [2.24, 2.45) is 5.41 Å². The standard InChI is InChI=1S/C22H26N2O4/c1-24(16-17-6-4-3-5-7-17)21(26)22(12-13-22)20(25)23-14-15-28-19-10-8-18(27-2)9-11-19/h3-11H,12-16H2,1-2H3,(H,23,25). The highest BCUT2D eigenvalue weighted by Gasteiger charge is 2.57. The molecule has 1 aliphatic carbocycles. The van der Waals surface area contributed by atoms with Crippen LogP contribution < -0.4 is 14.8 Å². The van der Waals surface area contributed by atoms with Gasteiger partial charge in [-0.05, 0) is 42.7 Å². The van der Waals surface area contributed by atoms with Crippen molar-refractivity contribution in [3.05, 3.63) is 60.2 Å². The Hall–Kier alpha value is -3.02. The molecule has 0 spiro atoms. The summed E-state index contributed by atoms with van der Waals surface area (Å²) in [6, 6.07) is 17.0. The zero-order valence-electron chi connectivity index (χ0n) is 16.3. The highest BCUT2D eigenvalue weighted by Crippen LogP contribution is 2.47. The summed E-state index contributed by atoms with van der Waals surface area (Å²) in [5.74, 6) is 1.13. The molecular weight excluding hydrogens is 356 g/mol. The lowest BCUT2D eigenvalue weighted by molar-refractivity contribution is -0.143. The second kappa shape index (κ2) is 8.78. The molecule has 2 amide bonds. The van der Waals surface area contributed by atoms with Gasteiger partial charge in [-0.25, -0.2) is 0 Å². The van der Waals surface area contributed by atoms with Gasteiger partial charge >= 0.3 is 0 Å². The van der Waals surface area contributed by atoms with Crippen molar-refractivity contribution >= 4 is 11.8 Å². The van der Waals surface area contributed by atoms with E-state index in [4.69, 9.17) is 9.47 Å². The van der Waals surface area contributed by atoms with Gasteiger partial charge in [0.25, 0.3) is 0 Å². The van der Waals surface area contributed by atoms with Crippen LogP contribution in [-0.2, 0) is 16.1 Å². The van der Waals surface area contributed by atoms with Crippen molar-refractivity contribution in [3.63, 3.8) is 0 Å². The van der Waals surface area contributed by atoms with Crippen LogP contribution >= 0.6 is 0 Å². The molecule has 28 heavy (non-hydrogen) atoms. The lowest BCUT2D eigenvalue weighted by atomic mass is 10.0. The molecule has 0 saturated heterocycles. The molecule has 0 bridgehead atoms. The smallest absolute Gasteiger partial charge is 0.238 e. The van der Waals surface area contributed by atoms with E-state index in [1.807, 2.05) is 54.6 Å². The Morgan fingerprint density at radius 2 is 1.68 bits per heavy atom. The number of ether oxygens (including phenoxy) is 2. The van der Waals surface area contributed by atoms with Gasteiger partial charge in [0, 0.05) is 13.6 Å². The first kappa shape index (κ1) is 19.7. The predicted octanol–water partition coefficient (Wildman–Crippen LogP) is 2.63. The van der Waals surface area contributed by atoms with Gasteiger partial charge in [0.2, 0.25) is 11.8 Å². The van der Waals surface area contributed by atoms with Crippen LogP contribution in [0.3, 0.4) is 0 Å². The van der Waals surface area contributed by atoms with E-state index in [9.17, 15) is 9.59 Å². The summed E-state index contributed by atoms with van der Waals surface area (Å²) in [4.78, 5) is 27.0. The Labute approximate surface area is 165 Å². The molecule has 2 aromatic rings. The van der Waals surface area contributed by atoms with Gasteiger partial charge < -0.3 is 19.7 Å². The summed E-state index contributed by atoms with van der Waals surface area (Å²) in [6.45, 7) is 1.18. The summed E-state index contributed by atoms with van der Waals surface area (Å²) < 4.78 is 10.7. The molecule has 0 atom stereocenters. The monoisotopic (exact) mass is 382 g/mol. The molecule has 6 nitrogen and oxygen atoms in total. The zero-order valence-corrected chi connectivity index (χ0v) is 16.3. The number of amides is 2. The van der Waals surface area contributed by atoms with Gasteiger partial charge in [0.1, 0.15) is 23.5 Å². The number of carbonyl (C=O) groups excluding carboxylic acids is 2. The van der Waals surface area contributed by atoms with Crippen molar-refractivity contribution in [3.8, 4) is 11.5 Å². The van der Waals surface area contributed by atoms with E-state index in [1.54, 1.807) is 19.1 Å². The molecule has 2 aromatic carbocycles. The highest BCUT2D eigenvalue weighted by atomic mass is 16.5. The number of nitrogens with zero attached hydrogens (tertiary/aromatic N) is 1. The van der Waals surface area contributed by atoms with Crippen LogP contribution in [0.25, 0.3) is 0 Å². The number of methoxy groups -OCH3 is 1. The fourth-order valence-electron chi connectivity index (χ4n) is 3.13. The number of hydrogen-bond donors (Lipinski definition) is 1. The van der Waals surface area contributed by atoms with Gasteiger partial charge in [0.15, 0.2) is 0 Å². The van der Waals surface area contributed by atoms with E-state index in [0.717, 1.165) is 11.3 Å². The topological polar surface area (TPSA) is 67.9 Å². The van der Waals surface area contributed by atoms with Crippen LogP contribution in [0.4, 0.5) is 0 Å². The van der Waals surface area contributed by atoms with Gasteiger partial charge in [-0.15, -0.1) is 0 Å². The minimum Gasteiger partial charge on any atom is -0.497 e. The Balaban J connectivity index is 1.45. The Morgan fingerprint density at radius 1 is 1.04 bits per heavy atom. The Kier molecular flexibility index (Phi) is 6.19. The van der Waals surface area contributed by atoms with Gasteiger partial charge in [0.05, 0.1) is 13.7 Å². The molecule has 0 heterocycles. The van der Waals surface area contributed by atoms with Crippen LogP contribution in [-0.4, -0.2) is 44.0 Å². The maximum atomic E-state index is 12.8. The molecule has 0 aliphatic heterocycles. The first-order chi connectivity index (χ1) is 13.5. The summed E-state index contributed by atoms with van der Waals surface area (Å²) in [5, 5.41) is 2.84. The minimum absolute atomic E-state index is 0.120. The van der Waals surface area contributed by atoms with E-state index in [2.05, 4.69) is 5.32 Å². The molecule has 6 heteroatoms. The lowest BCUT2D eigenvalue weighted by Crippen LogP contribution is -2.44. The maximum absolute atomic E-state index is 12.8. The van der Waals surface area contributed by atoms with Crippen LogP contribution in [0.2, 0.25) is 0 Å². The second-order valence-corrected chi connectivity index (χ2v) is 7.01. The number of hydrogen-bond acceptors (Lipinski definition) is 4. The van der Waals surface area contributed by atoms with Gasteiger partial charge in [-0.2, -0.15) is 0 Å². The molecular formula is C22H26N2O4. The van der Waals surface area contributed by atoms with Crippen molar-refractivity contribution in [1.82, 2.24) is 10.2 Å². The van der Waals surface area contributed by atoms with Crippen molar-refractivity contribution < 1.29 is 19.1 Å². The number of benzene rings is 2. The molecule has 0 aromatic heterocycles. The average molecular weight is 382 g/mol. The quantitative estimate of drug-likeness (QED) is 0.535. The van der Waals surface area contributed by atoms with E-state index in [1.165, 1.54) is 0 Å². The zero-order chi connectivity index (χ0) is 20.0. The third-order valence-corrected chi connectivity index (χ3v) is 4.92. The SMILES string of the molecule is COc1ccc(OCCNC(=O)C2(C(=O)N(C)Cc3ccccc3)CC2)cc1. The van der Waals surface area contributed by atoms with E-state index < -0.39 is 5.41 Å². The van der Waals surface area contributed by atoms with Crippen LogP contribution in [0.5, 0.6) is 11.5 Å². The Bertz CT molecular complexity index is 801. The van der Waals surface area contributed by atoms with E-state index in [-0.39, 0.29) is 11.8 Å². The largest absolute Gasteiger partial charge is 0.497 e. The fraction of sp³-hybridized carbons (Fsp3) is 0.364. The number of nitrogens with one attached hydrogen (secondary N) is 1. The van der Waals surface area contributed by atoms with Crippen molar-refractivity contribution in [2.45, 2.75) is 19.4 Å². The van der Waals surface area contributed by atoms with E-state index >= 15 is 0 Å². The molecule has 3 rings (SSSR count). The third-order valence-electron chi connectivity index (χ3n) is 4.92. The van der Waals surface area contributed by atoms with Gasteiger partial charge in [-0.3, -0.25) is 9.59 Å². The maximum Gasteiger partial charge on any atom is 0.238 e. The molecule has 1 N–H and O–H groups in total. The first-order valence-corrected chi connectivity index (χ1v) is 9.40. The first-order valence-electron chi connectivity index (χ1n) is 9.40. The molecule has 0 radical (unpaired) electrons. The normalized spacial score (nSPS) is 14.1. The lowest BCUT2D eigenvalue weighted by Gasteiger charge is -2.23. The van der Waals surface area contributed by atoms with Crippen LogP contribution in [0.15, 0.2) is 54.6 Å².